The predicted octanol–water partition coefficient (Wildman–Crippen LogP) is 3.76. The van der Waals surface area contributed by atoms with E-state index in [1.165, 1.54) is 24.1 Å². The molecule has 0 saturated heterocycles. The summed E-state index contributed by atoms with van der Waals surface area (Å²) in [6, 6.07) is 7.48. The lowest BCUT2D eigenvalue weighted by Crippen LogP contribution is -2.26. The molecule has 29 heavy (non-hydrogen) atoms. The van der Waals surface area contributed by atoms with Crippen molar-refractivity contribution in [3.8, 4) is 11.3 Å². The van der Waals surface area contributed by atoms with E-state index in [0.29, 0.717) is 40.7 Å². The van der Waals surface area contributed by atoms with Crippen LogP contribution in [0.5, 0.6) is 0 Å². The van der Waals surface area contributed by atoms with Gasteiger partial charge in [-0.25, -0.2) is 14.2 Å². The average molecular weight is 400 g/mol. The molecule has 0 bridgehead atoms. The third-order valence-corrected chi connectivity index (χ3v) is 4.43. The van der Waals surface area contributed by atoms with Gasteiger partial charge < -0.3 is 18.5 Å². The standard InChI is InChI=1S/C21H21FN2O5/c1-13-17(21(26)27-3)10-16(28-13)12-24(2)20(25)9-8-19-23-11-18(29-19)14-4-6-15(22)7-5-14/h4-7,10-11H,8-9,12H2,1-3H3. The molecule has 0 saturated carbocycles. The number of carbonyl (C=O) groups excluding carboxylic acids is 2. The highest BCUT2D eigenvalue weighted by Crippen LogP contribution is 2.21. The van der Waals surface area contributed by atoms with E-state index in [1.807, 2.05) is 0 Å². The van der Waals surface area contributed by atoms with E-state index < -0.39 is 5.97 Å². The van der Waals surface area contributed by atoms with Gasteiger partial charge in [0.05, 0.1) is 19.9 Å². The van der Waals surface area contributed by atoms with E-state index in [0.717, 1.165) is 0 Å². The van der Waals surface area contributed by atoms with Crippen LogP contribution in [-0.2, 0) is 22.5 Å². The number of ether oxygens (including phenoxy) is 1. The van der Waals surface area contributed by atoms with Crippen LogP contribution in [0.4, 0.5) is 4.39 Å². The highest BCUT2D eigenvalue weighted by molar-refractivity contribution is 5.90. The Kier molecular flexibility index (Phi) is 6.11. The number of benzene rings is 1. The van der Waals surface area contributed by atoms with Crippen LogP contribution in [0.3, 0.4) is 0 Å². The van der Waals surface area contributed by atoms with Gasteiger partial charge in [0, 0.05) is 25.5 Å². The summed E-state index contributed by atoms with van der Waals surface area (Å²) < 4.78 is 28.9. The lowest BCUT2D eigenvalue weighted by molar-refractivity contribution is -0.130. The normalized spacial score (nSPS) is 10.8. The molecule has 7 nitrogen and oxygen atoms in total. The molecule has 1 amide bonds. The van der Waals surface area contributed by atoms with Gasteiger partial charge in [-0.05, 0) is 37.3 Å². The van der Waals surface area contributed by atoms with Gasteiger partial charge in [0.15, 0.2) is 11.7 Å². The fourth-order valence-corrected chi connectivity index (χ4v) is 2.83. The molecular weight excluding hydrogens is 379 g/mol. The van der Waals surface area contributed by atoms with Gasteiger partial charge >= 0.3 is 5.97 Å². The summed E-state index contributed by atoms with van der Waals surface area (Å²) in [6.45, 7) is 1.89. The monoisotopic (exact) mass is 400 g/mol. The minimum atomic E-state index is -0.479. The van der Waals surface area contributed by atoms with Crippen molar-refractivity contribution in [3.05, 3.63) is 65.3 Å². The van der Waals surface area contributed by atoms with Crippen molar-refractivity contribution in [3.63, 3.8) is 0 Å². The van der Waals surface area contributed by atoms with E-state index in [9.17, 15) is 14.0 Å². The van der Waals surface area contributed by atoms with Crippen LogP contribution in [-0.4, -0.2) is 35.9 Å². The van der Waals surface area contributed by atoms with E-state index in [-0.39, 0.29) is 24.7 Å². The van der Waals surface area contributed by atoms with Crippen LogP contribution in [0.2, 0.25) is 0 Å². The third-order valence-electron chi connectivity index (χ3n) is 4.43. The molecule has 0 radical (unpaired) electrons. The number of methoxy groups -OCH3 is 1. The van der Waals surface area contributed by atoms with Crippen molar-refractivity contribution in [2.24, 2.45) is 0 Å². The Labute approximate surface area is 167 Å². The Balaban J connectivity index is 1.55. The Hall–Kier alpha value is -3.42. The highest BCUT2D eigenvalue weighted by atomic mass is 19.1. The van der Waals surface area contributed by atoms with Crippen molar-refractivity contribution in [1.82, 2.24) is 9.88 Å². The van der Waals surface area contributed by atoms with Gasteiger partial charge in [0.2, 0.25) is 5.91 Å². The van der Waals surface area contributed by atoms with Crippen molar-refractivity contribution in [2.75, 3.05) is 14.2 Å². The number of nitrogens with zero attached hydrogens (tertiary/aromatic N) is 2. The summed E-state index contributed by atoms with van der Waals surface area (Å²) in [4.78, 5) is 29.7. The number of furan rings is 1. The van der Waals surface area contributed by atoms with Gasteiger partial charge in [-0.1, -0.05) is 0 Å². The molecule has 152 valence electrons. The van der Waals surface area contributed by atoms with Crippen molar-refractivity contribution >= 4 is 11.9 Å². The first kappa shape index (κ1) is 20.3. The fourth-order valence-electron chi connectivity index (χ4n) is 2.83. The van der Waals surface area contributed by atoms with Gasteiger partial charge in [0.1, 0.15) is 22.9 Å². The first-order chi connectivity index (χ1) is 13.9. The second kappa shape index (κ2) is 8.72. The van der Waals surface area contributed by atoms with Crippen LogP contribution in [0.25, 0.3) is 11.3 Å². The van der Waals surface area contributed by atoms with Crippen LogP contribution in [0, 0.1) is 12.7 Å². The maximum absolute atomic E-state index is 13.0. The average Bonchev–Trinajstić information content (AvgIpc) is 3.32. The molecule has 3 aromatic rings. The molecule has 0 unspecified atom stereocenters. The van der Waals surface area contributed by atoms with E-state index >= 15 is 0 Å². The molecule has 0 aliphatic rings. The van der Waals surface area contributed by atoms with Gasteiger partial charge in [0.25, 0.3) is 0 Å². The van der Waals surface area contributed by atoms with Gasteiger partial charge in [-0.2, -0.15) is 0 Å². The minimum Gasteiger partial charge on any atom is -0.465 e. The maximum atomic E-state index is 13.0. The molecule has 3 rings (SSSR count). The zero-order valence-corrected chi connectivity index (χ0v) is 16.4. The molecular formula is C21H21FN2O5. The van der Waals surface area contributed by atoms with Crippen LogP contribution in [0.15, 0.2) is 45.4 Å². The molecule has 0 aliphatic carbocycles. The van der Waals surface area contributed by atoms with E-state index in [2.05, 4.69) is 4.98 Å². The molecule has 2 heterocycles. The second-order valence-corrected chi connectivity index (χ2v) is 6.55. The summed E-state index contributed by atoms with van der Waals surface area (Å²) >= 11 is 0. The molecule has 0 atom stereocenters. The number of esters is 1. The van der Waals surface area contributed by atoms with Crippen molar-refractivity contribution in [1.29, 1.82) is 0 Å². The highest BCUT2D eigenvalue weighted by Gasteiger charge is 2.18. The number of hydrogen-bond acceptors (Lipinski definition) is 6. The fraction of sp³-hybridized carbons (Fsp3) is 0.286. The molecule has 8 heteroatoms. The molecule has 0 spiro atoms. The number of aryl methyl sites for hydroxylation is 2. The Morgan fingerprint density at radius 1 is 1.21 bits per heavy atom. The van der Waals surface area contributed by atoms with Crippen LogP contribution < -0.4 is 0 Å². The van der Waals surface area contributed by atoms with Crippen LogP contribution >= 0.6 is 0 Å². The number of oxazole rings is 1. The quantitative estimate of drug-likeness (QED) is 0.562. The number of hydrogen-bond donors (Lipinski definition) is 0. The first-order valence-corrected chi connectivity index (χ1v) is 8.99. The zero-order valence-electron chi connectivity index (χ0n) is 16.4. The largest absolute Gasteiger partial charge is 0.465 e. The number of carbonyl (C=O) groups is 2. The number of amides is 1. The number of rotatable bonds is 7. The second-order valence-electron chi connectivity index (χ2n) is 6.55. The summed E-state index contributed by atoms with van der Waals surface area (Å²) in [5.74, 6) is 0.949. The molecule has 0 fully saturated rings. The number of aromatic nitrogens is 1. The lowest BCUT2D eigenvalue weighted by atomic mass is 10.2. The Morgan fingerprint density at radius 3 is 2.62 bits per heavy atom. The van der Waals surface area contributed by atoms with E-state index in [1.54, 1.807) is 38.4 Å². The summed E-state index contributed by atoms with van der Waals surface area (Å²) in [5.41, 5.74) is 1.06. The summed E-state index contributed by atoms with van der Waals surface area (Å²) in [6.07, 6.45) is 2.08. The zero-order chi connectivity index (χ0) is 21.0. The first-order valence-electron chi connectivity index (χ1n) is 8.99. The third kappa shape index (κ3) is 4.90. The number of halogens is 1. The Bertz CT molecular complexity index is 1010. The Morgan fingerprint density at radius 2 is 1.93 bits per heavy atom. The smallest absolute Gasteiger partial charge is 0.341 e. The van der Waals surface area contributed by atoms with Crippen LogP contribution in [0.1, 0.15) is 34.2 Å². The minimum absolute atomic E-state index is 0.125. The summed E-state index contributed by atoms with van der Waals surface area (Å²) in [7, 11) is 2.95. The predicted molar refractivity (Wildman–Crippen MR) is 101 cm³/mol. The van der Waals surface area contributed by atoms with Gasteiger partial charge in [-0.3, -0.25) is 4.79 Å². The molecule has 0 aliphatic heterocycles. The molecule has 0 N–H and O–H groups in total. The van der Waals surface area contributed by atoms with Crippen molar-refractivity contribution in [2.45, 2.75) is 26.3 Å². The van der Waals surface area contributed by atoms with Crippen molar-refractivity contribution < 1.29 is 27.6 Å². The van der Waals surface area contributed by atoms with E-state index in [4.69, 9.17) is 13.6 Å². The lowest BCUT2D eigenvalue weighted by Gasteiger charge is -2.15. The molecule has 2 aromatic heterocycles. The SMILES string of the molecule is COC(=O)c1cc(CN(C)C(=O)CCc2ncc(-c3ccc(F)cc3)o2)oc1C. The molecule has 1 aromatic carbocycles. The topological polar surface area (TPSA) is 85.8 Å². The summed E-state index contributed by atoms with van der Waals surface area (Å²) in [5, 5.41) is 0. The van der Waals surface area contributed by atoms with Gasteiger partial charge in [-0.15, -0.1) is 0 Å². The maximum Gasteiger partial charge on any atom is 0.341 e.